The Labute approximate surface area is 120 Å². The number of carbonyl (C=O) groups excluding carboxylic acids is 2. The van der Waals surface area contributed by atoms with Gasteiger partial charge in [-0.2, -0.15) is 0 Å². The fourth-order valence-electron chi connectivity index (χ4n) is 1.67. The van der Waals surface area contributed by atoms with E-state index < -0.39 is 16.6 Å². The lowest BCUT2D eigenvalue weighted by molar-refractivity contribution is -0.385. The third-order valence-corrected chi connectivity index (χ3v) is 2.88. The lowest BCUT2D eigenvalue weighted by Gasteiger charge is -2.08. The highest BCUT2D eigenvalue weighted by Crippen LogP contribution is 2.28. The number of nitro groups is 1. The van der Waals surface area contributed by atoms with E-state index in [9.17, 15) is 19.7 Å². The number of nitrogens with zero attached hydrogens (tertiary/aromatic N) is 1. The predicted molar refractivity (Wildman–Crippen MR) is 71.1 cm³/mol. The number of rotatable bonds is 6. The average molecular weight is 294 g/mol. The Morgan fingerprint density at radius 2 is 2.14 bits per heavy atom. The molecule has 1 amide bonds. The van der Waals surface area contributed by atoms with Crippen molar-refractivity contribution in [2.75, 3.05) is 13.7 Å². The van der Waals surface area contributed by atoms with Crippen molar-refractivity contribution < 1.29 is 24.0 Å². The standard InChI is InChI=1S/C13H14N2O6/c1-20-13(17)8-2-5-11(10(6-8)15(18)19)21-7-12(16)14-9-3-4-9/h2,5-6,9H,3-4,7H2,1H3,(H,14,16). The van der Waals surface area contributed by atoms with E-state index in [1.54, 1.807) is 0 Å². The maximum atomic E-state index is 11.5. The van der Waals surface area contributed by atoms with Crippen LogP contribution >= 0.6 is 0 Å². The van der Waals surface area contributed by atoms with E-state index in [0.29, 0.717) is 0 Å². The summed E-state index contributed by atoms with van der Waals surface area (Å²) < 4.78 is 9.64. The van der Waals surface area contributed by atoms with Crippen LogP contribution in [0.5, 0.6) is 5.75 Å². The van der Waals surface area contributed by atoms with E-state index in [1.807, 2.05) is 0 Å². The quantitative estimate of drug-likeness (QED) is 0.477. The van der Waals surface area contributed by atoms with Crippen molar-refractivity contribution in [2.45, 2.75) is 18.9 Å². The number of methoxy groups -OCH3 is 1. The topological polar surface area (TPSA) is 108 Å². The second kappa shape index (κ2) is 6.21. The number of nitrogens with one attached hydrogen (secondary N) is 1. The van der Waals surface area contributed by atoms with Crippen LogP contribution in [-0.2, 0) is 9.53 Å². The minimum Gasteiger partial charge on any atom is -0.477 e. The van der Waals surface area contributed by atoms with Gasteiger partial charge in [-0.3, -0.25) is 14.9 Å². The highest BCUT2D eigenvalue weighted by molar-refractivity contribution is 5.90. The zero-order valence-electron chi connectivity index (χ0n) is 11.3. The molecule has 0 unspecified atom stereocenters. The van der Waals surface area contributed by atoms with Gasteiger partial charge >= 0.3 is 11.7 Å². The van der Waals surface area contributed by atoms with E-state index in [-0.39, 0.29) is 29.9 Å². The Bertz CT molecular complexity index is 582. The summed E-state index contributed by atoms with van der Waals surface area (Å²) in [4.78, 5) is 33.1. The van der Waals surface area contributed by atoms with E-state index in [4.69, 9.17) is 4.74 Å². The maximum absolute atomic E-state index is 11.5. The van der Waals surface area contributed by atoms with Crippen molar-refractivity contribution in [3.8, 4) is 5.75 Å². The monoisotopic (exact) mass is 294 g/mol. The van der Waals surface area contributed by atoms with Crippen LogP contribution in [0.4, 0.5) is 5.69 Å². The van der Waals surface area contributed by atoms with Crippen LogP contribution in [0.25, 0.3) is 0 Å². The number of hydrogen-bond donors (Lipinski definition) is 1. The number of benzene rings is 1. The van der Waals surface area contributed by atoms with Crippen LogP contribution in [-0.4, -0.2) is 36.6 Å². The predicted octanol–water partition coefficient (Wildman–Crippen LogP) is 1.04. The number of ether oxygens (including phenoxy) is 2. The Kier molecular flexibility index (Phi) is 4.36. The van der Waals surface area contributed by atoms with Gasteiger partial charge in [-0.25, -0.2) is 4.79 Å². The van der Waals surface area contributed by atoms with Gasteiger partial charge in [0.15, 0.2) is 12.4 Å². The summed E-state index contributed by atoms with van der Waals surface area (Å²) >= 11 is 0. The Morgan fingerprint density at radius 1 is 1.43 bits per heavy atom. The van der Waals surface area contributed by atoms with E-state index in [2.05, 4.69) is 10.1 Å². The molecule has 1 aliphatic rings. The second-order valence-electron chi connectivity index (χ2n) is 4.56. The van der Waals surface area contributed by atoms with E-state index >= 15 is 0 Å². The zero-order valence-corrected chi connectivity index (χ0v) is 11.3. The first-order chi connectivity index (χ1) is 10.0. The van der Waals surface area contributed by atoms with Gasteiger partial charge in [-0.1, -0.05) is 0 Å². The molecule has 8 heteroatoms. The third-order valence-electron chi connectivity index (χ3n) is 2.88. The molecule has 0 atom stereocenters. The fourth-order valence-corrected chi connectivity index (χ4v) is 1.67. The van der Waals surface area contributed by atoms with Crippen LogP contribution in [0.15, 0.2) is 18.2 Å². The van der Waals surface area contributed by atoms with Crippen molar-refractivity contribution in [1.29, 1.82) is 0 Å². The summed E-state index contributed by atoms with van der Waals surface area (Å²) in [5.74, 6) is -1.08. The van der Waals surface area contributed by atoms with Crippen molar-refractivity contribution in [3.63, 3.8) is 0 Å². The molecule has 0 aromatic heterocycles. The second-order valence-corrected chi connectivity index (χ2v) is 4.56. The Balaban J connectivity index is 2.08. The van der Waals surface area contributed by atoms with Crippen LogP contribution in [0.2, 0.25) is 0 Å². The molecule has 0 heterocycles. The molecule has 0 saturated heterocycles. The minimum atomic E-state index is -0.684. The molecule has 1 aromatic rings. The molecular formula is C13H14N2O6. The number of nitro benzene ring substituents is 1. The largest absolute Gasteiger partial charge is 0.477 e. The van der Waals surface area contributed by atoms with E-state index in [0.717, 1.165) is 18.9 Å². The number of carbonyl (C=O) groups is 2. The SMILES string of the molecule is COC(=O)c1ccc(OCC(=O)NC2CC2)c([N+](=O)[O-])c1. The maximum Gasteiger partial charge on any atom is 0.338 e. The molecule has 1 aromatic carbocycles. The van der Waals surface area contributed by atoms with Crippen molar-refractivity contribution in [3.05, 3.63) is 33.9 Å². The highest BCUT2D eigenvalue weighted by Gasteiger charge is 2.24. The molecule has 1 saturated carbocycles. The smallest absolute Gasteiger partial charge is 0.338 e. The first kappa shape index (κ1) is 14.8. The highest BCUT2D eigenvalue weighted by atomic mass is 16.6. The van der Waals surface area contributed by atoms with Crippen LogP contribution < -0.4 is 10.1 Å². The fraction of sp³-hybridized carbons (Fsp3) is 0.385. The lowest BCUT2D eigenvalue weighted by Crippen LogP contribution is -2.30. The zero-order chi connectivity index (χ0) is 15.4. The first-order valence-electron chi connectivity index (χ1n) is 6.30. The summed E-state index contributed by atoms with van der Waals surface area (Å²) in [6.07, 6.45) is 1.89. The Hall–Kier alpha value is -2.64. The third kappa shape index (κ3) is 3.91. The summed E-state index contributed by atoms with van der Waals surface area (Å²) in [5.41, 5.74) is -0.351. The van der Waals surface area contributed by atoms with Gasteiger partial charge < -0.3 is 14.8 Å². The van der Waals surface area contributed by atoms with Gasteiger partial charge in [0.25, 0.3) is 5.91 Å². The van der Waals surface area contributed by atoms with Crippen LogP contribution in [0.3, 0.4) is 0 Å². The minimum absolute atomic E-state index is 0.0407. The van der Waals surface area contributed by atoms with Gasteiger partial charge in [-0.15, -0.1) is 0 Å². The molecule has 0 bridgehead atoms. The summed E-state index contributed by atoms with van der Waals surface area (Å²) in [6, 6.07) is 3.86. The summed E-state index contributed by atoms with van der Waals surface area (Å²) in [7, 11) is 1.18. The van der Waals surface area contributed by atoms with Crippen LogP contribution in [0, 0.1) is 10.1 Å². The van der Waals surface area contributed by atoms with Crippen molar-refractivity contribution in [2.24, 2.45) is 0 Å². The molecular weight excluding hydrogens is 280 g/mol. The normalized spacial score (nSPS) is 13.4. The molecule has 0 radical (unpaired) electrons. The summed E-state index contributed by atoms with van der Waals surface area (Å²) in [5, 5.41) is 13.7. The first-order valence-corrected chi connectivity index (χ1v) is 6.30. The van der Waals surface area contributed by atoms with Crippen LogP contribution in [0.1, 0.15) is 23.2 Å². The number of amides is 1. The summed E-state index contributed by atoms with van der Waals surface area (Å²) in [6.45, 7) is -0.311. The molecule has 112 valence electrons. The Morgan fingerprint density at radius 3 is 2.71 bits per heavy atom. The average Bonchev–Trinajstić information content (AvgIpc) is 3.27. The van der Waals surface area contributed by atoms with Gasteiger partial charge in [0, 0.05) is 12.1 Å². The molecule has 8 nitrogen and oxygen atoms in total. The molecule has 0 aliphatic heterocycles. The number of hydrogen-bond acceptors (Lipinski definition) is 6. The van der Waals surface area contributed by atoms with Gasteiger partial charge in [0.1, 0.15) is 0 Å². The van der Waals surface area contributed by atoms with Gasteiger partial charge in [0.05, 0.1) is 17.6 Å². The van der Waals surface area contributed by atoms with Gasteiger partial charge in [0.2, 0.25) is 0 Å². The molecule has 1 aliphatic carbocycles. The molecule has 0 spiro atoms. The van der Waals surface area contributed by atoms with E-state index in [1.165, 1.54) is 19.2 Å². The van der Waals surface area contributed by atoms with Crippen molar-refractivity contribution in [1.82, 2.24) is 5.32 Å². The number of esters is 1. The van der Waals surface area contributed by atoms with Gasteiger partial charge in [-0.05, 0) is 25.0 Å². The lowest BCUT2D eigenvalue weighted by atomic mass is 10.2. The molecule has 21 heavy (non-hydrogen) atoms. The van der Waals surface area contributed by atoms with Crippen molar-refractivity contribution >= 4 is 17.6 Å². The molecule has 2 rings (SSSR count). The molecule has 1 fully saturated rings. The molecule has 1 N–H and O–H groups in total.